The number of hydrogen-bond acceptors (Lipinski definition) is 16. The molecule has 0 unspecified atom stereocenters. The SMILES string of the molecule is CCn1c(-c2nc3cc(C(=O)N(C)C4CC(N)C4)cc(OC)c3n2C)cc2ccsc21.CCn1c(-c2nc3cc(C(=O)N4CCC[C@@H](N)C4)cc(OC)c3n2C)cc2cc(C)sc21.CCn1c(-c2nc3cc(C(=O)N4CCC[C@@H](N)C4)cc(OC)c3n2C)cc2cc(OC)sc21. The molecule has 3 amide bonds. The Balaban J connectivity index is 0.000000130. The number of ether oxygens (including phenoxy) is 4. The van der Waals surface area contributed by atoms with Gasteiger partial charge in [0.1, 0.15) is 48.3 Å². The van der Waals surface area contributed by atoms with Crippen molar-refractivity contribution in [2.45, 2.75) is 110 Å². The van der Waals surface area contributed by atoms with Crippen LogP contribution in [0.4, 0.5) is 0 Å². The van der Waals surface area contributed by atoms with Crippen molar-refractivity contribution in [3.8, 4) is 56.9 Å². The van der Waals surface area contributed by atoms with Gasteiger partial charge < -0.3 is 78.3 Å². The second-order valence-corrected chi connectivity index (χ2v) is 28.5. The van der Waals surface area contributed by atoms with Crippen molar-refractivity contribution in [2.24, 2.45) is 38.3 Å². The summed E-state index contributed by atoms with van der Waals surface area (Å²) in [6.07, 6.45) is 5.47. The van der Waals surface area contributed by atoms with Crippen LogP contribution in [-0.4, -0.2) is 161 Å². The fraction of sp³-hybridized carbons (Fsp3) is 0.408. The maximum Gasteiger partial charge on any atom is 0.254 e. The minimum absolute atomic E-state index is 0.0134. The van der Waals surface area contributed by atoms with E-state index in [9.17, 15) is 14.4 Å². The average molecular weight is 1360 g/mol. The Morgan fingerprint density at radius 1 is 0.542 bits per heavy atom. The van der Waals surface area contributed by atoms with E-state index in [4.69, 9.17) is 51.1 Å². The average Bonchev–Trinajstić information content (AvgIpc) is 1.60. The Hall–Kier alpha value is -8.72. The number of carbonyl (C=O) groups excluding carboxylic acids is 3. The van der Waals surface area contributed by atoms with Gasteiger partial charge in [-0.1, -0.05) is 11.3 Å². The van der Waals surface area contributed by atoms with Gasteiger partial charge in [0.25, 0.3) is 17.7 Å². The number of aromatic nitrogens is 9. The number of piperidine rings is 2. The number of nitrogens with two attached hydrogens (primary N) is 3. The standard InChI is InChI=1S/C24H29N5O3S.C24H29N5O2S.C23H27N5O2S/c1-5-29-18(10-15-12-20(32-4)33-24(15)29)22-26-17-9-14(11-19(31-3)21(17)27(22)2)23(30)28-8-6-7-16(25)13-28;1-5-29-19(11-16-9-14(2)32-24(16)29)22-26-18-10-15(12-20(31-4)21(18)27(22)3)23(30)28-8-6-7-17(25)13-28;1-5-28-18(9-13-6-7-31-23(13)28)21-25-17-8-14(10-19(30-4)20(17)27(21)3)22(29)26(2)16-11-15(24)12-16/h9-12,16H,5-8,13,25H2,1-4H3;9-12,17H,5-8,13,25H2,1-4H3;6-10,15-16H,5,11-12,24H2,1-4H3/t16-;17-;/m11./s1. The molecule has 0 bridgehead atoms. The van der Waals surface area contributed by atoms with Gasteiger partial charge in [-0.2, -0.15) is 0 Å². The van der Waals surface area contributed by atoms with Crippen molar-refractivity contribution in [3.63, 3.8) is 0 Å². The van der Waals surface area contributed by atoms with Crippen LogP contribution < -0.4 is 36.1 Å². The first-order valence-electron chi connectivity index (χ1n) is 32.9. The second-order valence-electron chi connectivity index (χ2n) is 25.4. The largest absolute Gasteiger partial charge is 0.494 e. The molecule has 0 radical (unpaired) electrons. The Morgan fingerprint density at radius 3 is 1.41 bits per heavy atom. The smallest absolute Gasteiger partial charge is 0.254 e. The van der Waals surface area contributed by atoms with Crippen molar-refractivity contribution in [1.82, 2.24) is 57.1 Å². The van der Waals surface area contributed by atoms with Crippen LogP contribution in [-0.2, 0) is 40.8 Å². The molecule has 3 aliphatic rings. The van der Waals surface area contributed by atoms with E-state index in [2.05, 4.69) is 92.3 Å². The molecule has 1 saturated carbocycles. The minimum atomic E-state index is -0.0262. The molecular formula is C71H85N15O7S3. The monoisotopic (exact) mass is 1360 g/mol. The number of hydrogen-bond donors (Lipinski definition) is 3. The zero-order valence-electron chi connectivity index (χ0n) is 56.7. The van der Waals surface area contributed by atoms with Gasteiger partial charge in [0.15, 0.2) is 22.5 Å². The molecule has 96 heavy (non-hydrogen) atoms. The summed E-state index contributed by atoms with van der Waals surface area (Å²) in [5.41, 5.74) is 27.9. The molecule has 2 atom stereocenters. The van der Waals surface area contributed by atoms with Gasteiger partial charge in [0.2, 0.25) is 0 Å². The van der Waals surface area contributed by atoms with E-state index in [-0.39, 0.29) is 41.9 Å². The lowest BCUT2D eigenvalue weighted by Crippen LogP contribution is -2.51. The van der Waals surface area contributed by atoms with Crippen molar-refractivity contribution in [3.05, 3.63) is 99.7 Å². The maximum atomic E-state index is 13.2. The molecule has 1 aliphatic carbocycles. The van der Waals surface area contributed by atoms with E-state index >= 15 is 0 Å². The number of fused-ring (bicyclic) bond motifs is 6. The van der Waals surface area contributed by atoms with Crippen LogP contribution in [0, 0.1) is 6.92 Å². The van der Waals surface area contributed by atoms with E-state index in [1.54, 1.807) is 67.3 Å². The molecule has 22 nitrogen and oxygen atoms in total. The molecule has 2 saturated heterocycles. The molecule has 12 aromatic rings. The molecule has 0 spiro atoms. The predicted octanol–water partition coefficient (Wildman–Crippen LogP) is 11.9. The lowest BCUT2D eigenvalue weighted by Gasteiger charge is -2.39. The summed E-state index contributed by atoms with van der Waals surface area (Å²) in [4.78, 5) is 64.9. The number of thiophene rings is 3. The van der Waals surface area contributed by atoms with E-state index in [1.165, 1.54) is 25.3 Å². The predicted molar refractivity (Wildman–Crippen MR) is 386 cm³/mol. The summed E-state index contributed by atoms with van der Waals surface area (Å²) in [7, 11) is 14.4. The van der Waals surface area contributed by atoms with Gasteiger partial charge in [-0.3, -0.25) is 14.4 Å². The molecule has 504 valence electrons. The highest BCUT2D eigenvalue weighted by molar-refractivity contribution is 7.20. The van der Waals surface area contributed by atoms with E-state index in [0.29, 0.717) is 47.0 Å². The summed E-state index contributed by atoms with van der Waals surface area (Å²) in [5, 5.41) is 6.59. The van der Waals surface area contributed by atoms with Crippen molar-refractivity contribution < 1.29 is 33.3 Å². The normalized spacial score (nSPS) is 17.3. The third-order valence-corrected chi connectivity index (χ3v) is 22.5. The molecule has 3 fully saturated rings. The molecular weight excluding hydrogens is 1270 g/mol. The topological polar surface area (TPSA) is 244 Å². The Morgan fingerprint density at radius 2 is 0.969 bits per heavy atom. The van der Waals surface area contributed by atoms with Crippen LogP contribution in [0.2, 0.25) is 0 Å². The van der Waals surface area contributed by atoms with Crippen LogP contribution in [0.5, 0.6) is 22.3 Å². The molecule has 9 aromatic heterocycles. The zero-order chi connectivity index (χ0) is 67.7. The number of rotatable bonds is 14. The number of likely N-dealkylation sites (tertiary alicyclic amines) is 2. The third kappa shape index (κ3) is 11.7. The maximum absolute atomic E-state index is 13.2. The fourth-order valence-corrected chi connectivity index (χ4v) is 17.3. The highest BCUT2D eigenvalue weighted by Gasteiger charge is 2.34. The minimum Gasteiger partial charge on any atom is -0.494 e. The van der Waals surface area contributed by atoms with Gasteiger partial charge in [0.05, 0.1) is 62.1 Å². The number of benzene rings is 3. The van der Waals surface area contributed by atoms with Gasteiger partial charge >= 0.3 is 0 Å². The lowest BCUT2D eigenvalue weighted by molar-refractivity contribution is 0.0624. The summed E-state index contributed by atoms with van der Waals surface area (Å²) in [6, 6.07) is 24.5. The Kier molecular flexibility index (Phi) is 18.3. The van der Waals surface area contributed by atoms with Gasteiger partial charge in [-0.05, 0) is 138 Å². The number of nitrogens with zero attached hydrogens (tertiary/aromatic N) is 12. The van der Waals surface area contributed by atoms with Crippen LogP contribution in [0.25, 0.3) is 98.3 Å². The molecule has 11 heterocycles. The summed E-state index contributed by atoms with van der Waals surface area (Å²) >= 11 is 5.16. The number of amides is 3. The van der Waals surface area contributed by atoms with E-state index < -0.39 is 0 Å². The first-order chi connectivity index (χ1) is 46.3. The molecule has 2 aliphatic heterocycles. The molecule has 15 rings (SSSR count). The van der Waals surface area contributed by atoms with Crippen molar-refractivity contribution in [2.75, 3.05) is 61.7 Å². The second kappa shape index (κ2) is 26.7. The summed E-state index contributed by atoms with van der Waals surface area (Å²) in [5.74, 6) is 4.43. The van der Waals surface area contributed by atoms with Crippen LogP contribution in [0.1, 0.15) is 95.2 Å². The lowest BCUT2D eigenvalue weighted by atomic mass is 9.86. The number of aryl methyl sites for hydroxylation is 7. The van der Waals surface area contributed by atoms with Crippen molar-refractivity contribution >= 4 is 115 Å². The van der Waals surface area contributed by atoms with E-state index in [0.717, 1.165) is 154 Å². The third-order valence-electron chi connectivity index (χ3n) is 19.3. The van der Waals surface area contributed by atoms with E-state index in [1.807, 2.05) is 79.0 Å². The van der Waals surface area contributed by atoms with Crippen LogP contribution >= 0.6 is 34.0 Å². The molecule has 3 aromatic carbocycles. The molecule has 6 N–H and O–H groups in total. The summed E-state index contributed by atoms with van der Waals surface area (Å²) in [6.45, 7) is 13.7. The number of carbonyl (C=O) groups is 3. The summed E-state index contributed by atoms with van der Waals surface area (Å²) < 4.78 is 35.5. The Labute approximate surface area is 569 Å². The van der Waals surface area contributed by atoms with Gasteiger partial charge in [-0.25, -0.2) is 15.0 Å². The van der Waals surface area contributed by atoms with Gasteiger partial charge in [0, 0.05) is 142 Å². The quantitative estimate of drug-likeness (QED) is 0.0918. The first kappa shape index (κ1) is 65.9. The Bertz CT molecular complexity index is 4950. The first-order valence-corrected chi connectivity index (χ1v) is 35.4. The fourth-order valence-electron chi connectivity index (χ4n) is 14.3. The zero-order valence-corrected chi connectivity index (χ0v) is 59.1. The number of methoxy groups -OCH3 is 4. The van der Waals surface area contributed by atoms with Crippen LogP contribution in [0.3, 0.4) is 0 Å². The van der Waals surface area contributed by atoms with Crippen LogP contribution in [0.15, 0.2) is 78.2 Å². The number of imidazole rings is 3. The highest BCUT2D eigenvalue weighted by Crippen LogP contribution is 2.42. The van der Waals surface area contributed by atoms with Crippen molar-refractivity contribution in [1.29, 1.82) is 0 Å². The highest BCUT2D eigenvalue weighted by atomic mass is 32.1. The van der Waals surface area contributed by atoms with Gasteiger partial charge in [-0.15, -0.1) is 22.7 Å². The molecule has 25 heteroatoms.